The van der Waals surface area contributed by atoms with Crippen molar-refractivity contribution in [3.63, 3.8) is 0 Å². The first kappa shape index (κ1) is 25.8. The Hall–Kier alpha value is -2.32. The second kappa shape index (κ2) is 11.2. The van der Waals surface area contributed by atoms with Crippen LogP contribution in [-0.4, -0.2) is 16.8 Å². The zero-order chi connectivity index (χ0) is 25.1. The maximum absolute atomic E-state index is 13.2. The van der Waals surface area contributed by atoms with Gasteiger partial charge >= 0.3 is 0 Å². The average molecular weight is 589 g/mol. The van der Waals surface area contributed by atoms with E-state index in [4.69, 9.17) is 33.3 Å². The Bertz CT molecular complexity index is 1320. The number of thioether (sulfide) groups is 1. The average Bonchev–Trinajstić information content (AvgIpc) is 3.09. The quantitative estimate of drug-likeness (QED) is 0.206. The summed E-state index contributed by atoms with van der Waals surface area (Å²) in [6.07, 6.45) is 1.83. The molecule has 0 saturated carbocycles. The summed E-state index contributed by atoms with van der Waals surface area (Å²) in [5.74, 6) is 1.05. The van der Waals surface area contributed by atoms with Crippen molar-refractivity contribution in [1.82, 2.24) is 0 Å². The first-order valence-electron chi connectivity index (χ1n) is 11.0. The van der Waals surface area contributed by atoms with Crippen LogP contribution in [0.25, 0.3) is 6.08 Å². The molecule has 0 aromatic heterocycles. The van der Waals surface area contributed by atoms with Gasteiger partial charge in [0.15, 0.2) is 15.8 Å². The zero-order valence-electron chi connectivity index (χ0n) is 19.4. The van der Waals surface area contributed by atoms with Crippen LogP contribution in [0.3, 0.4) is 0 Å². The Morgan fingerprint density at radius 1 is 1.06 bits per heavy atom. The van der Waals surface area contributed by atoms with Gasteiger partial charge in [0.1, 0.15) is 6.61 Å². The van der Waals surface area contributed by atoms with Gasteiger partial charge in [-0.2, -0.15) is 0 Å². The van der Waals surface area contributed by atoms with Crippen molar-refractivity contribution in [2.45, 2.75) is 27.4 Å². The lowest BCUT2D eigenvalue weighted by molar-refractivity contribution is -0.113. The van der Waals surface area contributed by atoms with E-state index in [0.29, 0.717) is 39.0 Å². The number of aryl methyl sites for hydroxylation is 2. The van der Waals surface area contributed by atoms with Crippen molar-refractivity contribution in [2.75, 3.05) is 11.5 Å². The molecule has 3 aromatic rings. The molecule has 1 amide bonds. The fourth-order valence-corrected chi connectivity index (χ4v) is 5.52. The van der Waals surface area contributed by atoms with Crippen molar-refractivity contribution in [3.8, 4) is 11.5 Å². The maximum atomic E-state index is 13.2. The molecule has 4 nitrogen and oxygen atoms in total. The number of carbonyl (C=O) groups is 1. The number of amides is 1. The molecule has 1 aliphatic rings. The SMILES string of the molecule is CCOc1cc(C=C2SC(=S)N(c3ccc(C)c(C)c3)C2=O)cc(Br)c1OCc1ccc(Cl)cc1. The fourth-order valence-electron chi connectivity index (χ4n) is 3.52. The van der Waals surface area contributed by atoms with Crippen molar-refractivity contribution in [2.24, 2.45) is 0 Å². The summed E-state index contributed by atoms with van der Waals surface area (Å²) in [6.45, 7) is 6.82. The number of carbonyl (C=O) groups excluding carboxylic acids is 1. The Kier molecular flexibility index (Phi) is 8.22. The van der Waals surface area contributed by atoms with E-state index in [2.05, 4.69) is 15.9 Å². The Balaban J connectivity index is 1.60. The van der Waals surface area contributed by atoms with Crippen LogP contribution in [0.5, 0.6) is 11.5 Å². The van der Waals surface area contributed by atoms with Gasteiger partial charge in [0.25, 0.3) is 5.91 Å². The topological polar surface area (TPSA) is 38.8 Å². The van der Waals surface area contributed by atoms with Crippen LogP contribution in [0.1, 0.15) is 29.2 Å². The van der Waals surface area contributed by atoms with Crippen LogP contribution in [0, 0.1) is 13.8 Å². The highest BCUT2D eigenvalue weighted by molar-refractivity contribution is 9.10. The van der Waals surface area contributed by atoms with E-state index in [1.807, 2.05) is 81.4 Å². The van der Waals surface area contributed by atoms with Gasteiger partial charge in [-0.25, -0.2) is 0 Å². The molecule has 4 rings (SSSR count). The monoisotopic (exact) mass is 587 g/mol. The van der Waals surface area contributed by atoms with Crippen LogP contribution < -0.4 is 14.4 Å². The third kappa shape index (κ3) is 5.92. The van der Waals surface area contributed by atoms with Crippen LogP contribution in [0.15, 0.2) is 64.0 Å². The maximum Gasteiger partial charge on any atom is 0.270 e. The predicted molar refractivity (Wildman–Crippen MR) is 153 cm³/mol. The Labute approximate surface area is 228 Å². The molecular weight excluding hydrogens is 566 g/mol. The molecular formula is C27H23BrClNO3S2. The van der Waals surface area contributed by atoms with Crippen molar-refractivity contribution in [3.05, 3.63) is 91.3 Å². The lowest BCUT2D eigenvalue weighted by Gasteiger charge is -2.16. The van der Waals surface area contributed by atoms with E-state index >= 15 is 0 Å². The van der Waals surface area contributed by atoms with Crippen molar-refractivity contribution >= 4 is 73.5 Å². The summed E-state index contributed by atoms with van der Waals surface area (Å²) >= 11 is 16.4. The lowest BCUT2D eigenvalue weighted by atomic mass is 10.1. The second-order valence-electron chi connectivity index (χ2n) is 7.96. The smallest absolute Gasteiger partial charge is 0.270 e. The lowest BCUT2D eigenvalue weighted by Crippen LogP contribution is -2.27. The van der Waals surface area contributed by atoms with E-state index in [0.717, 1.165) is 26.9 Å². The molecule has 3 aromatic carbocycles. The number of thiocarbonyl (C=S) groups is 1. The summed E-state index contributed by atoms with van der Waals surface area (Å²) in [5, 5.41) is 0.678. The summed E-state index contributed by atoms with van der Waals surface area (Å²) in [6, 6.07) is 17.2. The van der Waals surface area contributed by atoms with Gasteiger partial charge in [-0.15, -0.1) is 0 Å². The molecule has 0 aliphatic carbocycles. The Morgan fingerprint density at radius 2 is 1.80 bits per heavy atom. The molecule has 180 valence electrons. The number of halogens is 2. The first-order chi connectivity index (χ1) is 16.8. The van der Waals surface area contributed by atoms with Gasteiger partial charge in [0, 0.05) is 5.02 Å². The van der Waals surface area contributed by atoms with E-state index in [1.54, 1.807) is 4.90 Å². The molecule has 1 fully saturated rings. The molecule has 0 spiro atoms. The number of hydrogen-bond acceptors (Lipinski definition) is 5. The number of hydrogen-bond donors (Lipinski definition) is 0. The van der Waals surface area contributed by atoms with Crippen LogP contribution in [0.2, 0.25) is 5.02 Å². The van der Waals surface area contributed by atoms with Gasteiger partial charge < -0.3 is 9.47 Å². The van der Waals surface area contributed by atoms with E-state index < -0.39 is 0 Å². The largest absolute Gasteiger partial charge is 0.490 e. The highest BCUT2D eigenvalue weighted by Crippen LogP contribution is 2.41. The van der Waals surface area contributed by atoms with Crippen LogP contribution in [0.4, 0.5) is 5.69 Å². The zero-order valence-corrected chi connectivity index (χ0v) is 23.4. The molecule has 0 N–H and O–H groups in total. The van der Waals surface area contributed by atoms with E-state index in [1.165, 1.54) is 17.3 Å². The molecule has 8 heteroatoms. The summed E-state index contributed by atoms with van der Waals surface area (Å²) in [5.41, 5.74) is 4.85. The summed E-state index contributed by atoms with van der Waals surface area (Å²) in [4.78, 5) is 15.4. The summed E-state index contributed by atoms with van der Waals surface area (Å²) in [7, 11) is 0. The molecule has 1 saturated heterocycles. The van der Waals surface area contributed by atoms with Crippen LogP contribution in [-0.2, 0) is 11.4 Å². The first-order valence-corrected chi connectivity index (χ1v) is 13.3. The van der Waals surface area contributed by atoms with Crippen molar-refractivity contribution < 1.29 is 14.3 Å². The summed E-state index contributed by atoms with van der Waals surface area (Å²) < 4.78 is 13.2. The number of nitrogens with zero attached hydrogens (tertiary/aromatic N) is 1. The van der Waals surface area contributed by atoms with Crippen LogP contribution >= 0.6 is 51.5 Å². The molecule has 1 heterocycles. The third-order valence-corrected chi connectivity index (χ3v) is 7.61. The Morgan fingerprint density at radius 3 is 2.49 bits per heavy atom. The molecule has 1 aliphatic heterocycles. The van der Waals surface area contributed by atoms with Gasteiger partial charge in [-0.1, -0.05) is 53.8 Å². The van der Waals surface area contributed by atoms with E-state index in [-0.39, 0.29) is 5.91 Å². The van der Waals surface area contributed by atoms with Gasteiger partial charge in [0.05, 0.1) is 21.7 Å². The molecule has 0 atom stereocenters. The number of ether oxygens (including phenoxy) is 2. The standard InChI is InChI=1S/C27H23BrClNO3S2/c1-4-32-23-13-19(12-22(28)25(23)33-15-18-6-8-20(29)9-7-18)14-24-26(31)30(27(34)35-24)21-10-5-16(2)17(3)11-21/h5-14H,4,15H2,1-3H3. The second-order valence-corrected chi connectivity index (χ2v) is 10.9. The minimum absolute atomic E-state index is 0.139. The number of rotatable bonds is 7. The molecule has 0 unspecified atom stereocenters. The van der Waals surface area contributed by atoms with Gasteiger partial charge in [-0.3, -0.25) is 9.69 Å². The number of benzene rings is 3. The number of anilines is 1. The van der Waals surface area contributed by atoms with Crippen molar-refractivity contribution in [1.29, 1.82) is 0 Å². The molecule has 0 bridgehead atoms. The normalized spacial score (nSPS) is 14.7. The van der Waals surface area contributed by atoms with E-state index in [9.17, 15) is 4.79 Å². The predicted octanol–water partition coefficient (Wildman–Crippen LogP) is 8.10. The third-order valence-electron chi connectivity index (χ3n) is 5.47. The van der Waals surface area contributed by atoms with Gasteiger partial charge in [0.2, 0.25) is 0 Å². The minimum Gasteiger partial charge on any atom is -0.490 e. The highest BCUT2D eigenvalue weighted by Gasteiger charge is 2.33. The molecule has 0 radical (unpaired) electrons. The van der Waals surface area contributed by atoms with Gasteiger partial charge in [-0.05, 0) is 101 Å². The fraction of sp³-hybridized carbons (Fsp3) is 0.185. The minimum atomic E-state index is -0.139. The molecule has 35 heavy (non-hydrogen) atoms. The highest BCUT2D eigenvalue weighted by atomic mass is 79.9.